The van der Waals surface area contributed by atoms with Gasteiger partial charge in [0, 0.05) is 5.56 Å². The predicted octanol–water partition coefficient (Wildman–Crippen LogP) is 3.33. The molecule has 0 unspecified atom stereocenters. The van der Waals surface area contributed by atoms with Crippen LogP contribution >= 0.6 is 0 Å². The second kappa shape index (κ2) is 4.10. The molecule has 1 aliphatic carbocycles. The zero-order valence-corrected chi connectivity index (χ0v) is 10.6. The Balaban J connectivity index is 2.03. The maximum atomic E-state index is 12.3. The number of nitriles is 1. The van der Waals surface area contributed by atoms with Crippen LogP contribution in [0, 0.1) is 16.7 Å². The van der Waals surface area contributed by atoms with E-state index < -0.39 is 5.41 Å². The minimum Gasteiger partial charge on any atom is -0.497 e. The molecule has 0 N–H and O–H groups in total. The highest BCUT2D eigenvalue weighted by molar-refractivity contribution is 6.06. The first-order chi connectivity index (χ1) is 9.18. The Morgan fingerprint density at radius 1 is 1.21 bits per heavy atom. The third-order valence-corrected chi connectivity index (χ3v) is 3.71. The molecule has 94 valence electrons. The molecule has 1 fully saturated rings. The van der Waals surface area contributed by atoms with Gasteiger partial charge in [-0.15, -0.1) is 0 Å². The molecule has 19 heavy (non-hydrogen) atoms. The zero-order chi connectivity index (χ0) is 13.5. The molecule has 0 amide bonds. The summed E-state index contributed by atoms with van der Waals surface area (Å²) in [6.07, 6.45) is 1.37. The number of nitrogens with zero attached hydrogens (tertiary/aromatic N) is 1. The van der Waals surface area contributed by atoms with Gasteiger partial charge >= 0.3 is 0 Å². The number of rotatable bonds is 3. The molecule has 3 nitrogen and oxygen atoms in total. The number of carbonyl (C=O) groups excluding carboxylic acids is 1. The van der Waals surface area contributed by atoms with Gasteiger partial charge in [0.15, 0.2) is 5.78 Å². The van der Waals surface area contributed by atoms with Crippen molar-refractivity contribution in [3.05, 3.63) is 42.0 Å². The Labute approximate surface area is 111 Å². The van der Waals surface area contributed by atoms with Crippen LogP contribution in [0.2, 0.25) is 0 Å². The fourth-order valence-electron chi connectivity index (χ4n) is 2.28. The lowest BCUT2D eigenvalue weighted by Crippen LogP contribution is -2.13. The third kappa shape index (κ3) is 1.86. The predicted molar refractivity (Wildman–Crippen MR) is 72.1 cm³/mol. The highest BCUT2D eigenvalue weighted by atomic mass is 16.5. The third-order valence-electron chi connectivity index (χ3n) is 3.71. The second-order valence-electron chi connectivity index (χ2n) is 4.95. The number of Topliss-reactive ketones (excluding diaryl/α,β-unsaturated/α-hetero) is 1. The first kappa shape index (κ1) is 11.7. The van der Waals surface area contributed by atoms with E-state index in [0.29, 0.717) is 18.4 Å². The lowest BCUT2D eigenvalue weighted by atomic mass is 9.94. The van der Waals surface area contributed by atoms with Crippen molar-refractivity contribution in [3.8, 4) is 11.8 Å². The van der Waals surface area contributed by atoms with Gasteiger partial charge in [0.05, 0.1) is 13.2 Å². The molecule has 0 heterocycles. The van der Waals surface area contributed by atoms with Crippen molar-refractivity contribution in [2.24, 2.45) is 5.41 Å². The summed E-state index contributed by atoms with van der Waals surface area (Å²) < 4.78 is 5.17. The molecule has 1 aliphatic rings. The van der Waals surface area contributed by atoms with E-state index in [9.17, 15) is 4.79 Å². The van der Waals surface area contributed by atoms with Crippen LogP contribution in [0.3, 0.4) is 0 Å². The van der Waals surface area contributed by atoms with Crippen LogP contribution < -0.4 is 4.74 Å². The molecule has 0 bridgehead atoms. The van der Waals surface area contributed by atoms with E-state index >= 15 is 0 Å². The molecule has 0 aliphatic heterocycles. The van der Waals surface area contributed by atoms with Crippen LogP contribution in [0.5, 0.6) is 5.75 Å². The average molecular weight is 251 g/mol. The summed E-state index contributed by atoms with van der Waals surface area (Å²) in [7, 11) is 1.63. The summed E-state index contributed by atoms with van der Waals surface area (Å²) in [5.41, 5.74) is -0.128. The number of hydrogen-bond acceptors (Lipinski definition) is 3. The Morgan fingerprint density at radius 2 is 1.89 bits per heavy atom. The van der Waals surface area contributed by atoms with Crippen LogP contribution in [0.4, 0.5) is 0 Å². The van der Waals surface area contributed by atoms with E-state index in [4.69, 9.17) is 10.00 Å². The van der Waals surface area contributed by atoms with Crippen LogP contribution in [0.15, 0.2) is 36.4 Å². The van der Waals surface area contributed by atoms with Gasteiger partial charge in [0.2, 0.25) is 0 Å². The number of ether oxygens (including phenoxy) is 1. The quantitative estimate of drug-likeness (QED) is 0.786. The van der Waals surface area contributed by atoms with Gasteiger partial charge < -0.3 is 4.74 Å². The van der Waals surface area contributed by atoms with Crippen molar-refractivity contribution in [1.29, 1.82) is 5.26 Å². The van der Waals surface area contributed by atoms with Crippen LogP contribution in [-0.4, -0.2) is 12.9 Å². The molecule has 0 atom stereocenters. The summed E-state index contributed by atoms with van der Waals surface area (Å²) >= 11 is 0. The first-order valence-corrected chi connectivity index (χ1v) is 6.22. The standard InChI is InChI=1S/C16H13NO2/c1-19-14-5-4-11-8-13(3-2-12(11)9-14)15(18)16(10-17)6-7-16/h2-5,8-9H,6-7H2,1H3. The van der Waals surface area contributed by atoms with Crippen molar-refractivity contribution in [3.63, 3.8) is 0 Å². The molecule has 2 aromatic rings. The molecule has 0 radical (unpaired) electrons. The monoisotopic (exact) mass is 251 g/mol. The molecule has 1 saturated carbocycles. The van der Waals surface area contributed by atoms with Crippen molar-refractivity contribution in [1.82, 2.24) is 0 Å². The lowest BCUT2D eigenvalue weighted by Gasteiger charge is -2.07. The minimum atomic E-state index is -0.750. The topological polar surface area (TPSA) is 50.1 Å². The van der Waals surface area contributed by atoms with Crippen molar-refractivity contribution < 1.29 is 9.53 Å². The summed E-state index contributed by atoms with van der Waals surface area (Å²) in [5, 5.41) is 11.1. The Bertz CT molecular complexity index is 708. The normalized spacial score (nSPS) is 15.8. The number of hydrogen-bond donors (Lipinski definition) is 0. The van der Waals surface area contributed by atoms with Crippen LogP contribution in [0.1, 0.15) is 23.2 Å². The minimum absolute atomic E-state index is 0.0484. The van der Waals surface area contributed by atoms with E-state index in [1.165, 1.54) is 0 Å². The van der Waals surface area contributed by atoms with E-state index in [0.717, 1.165) is 16.5 Å². The molecule has 3 rings (SSSR count). The number of methoxy groups -OCH3 is 1. The Kier molecular flexibility index (Phi) is 2.53. The molecule has 2 aromatic carbocycles. The van der Waals surface area contributed by atoms with E-state index in [-0.39, 0.29) is 5.78 Å². The summed E-state index contributed by atoms with van der Waals surface area (Å²) in [5.74, 6) is 0.745. The average Bonchev–Trinajstić information content (AvgIpc) is 3.26. The summed E-state index contributed by atoms with van der Waals surface area (Å²) in [6.45, 7) is 0. The maximum absolute atomic E-state index is 12.3. The molecular weight excluding hydrogens is 238 g/mol. The van der Waals surface area contributed by atoms with E-state index in [1.54, 1.807) is 13.2 Å². The zero-order valence-electron chi connectivity index (χ0n) is 10.6. The van der Waals surface area contributed by atoms with Gasteiger partial charge in [-0.05, 0) is 41.8 Å². The van der Waals surface area contributed by atoms with E-state index in [1.807, 2.05) is 30.3 Å². The van der Waals surface area contributed by atoms with Crippen LogP contribution in [-0.2, 0) is 0 Å². The second-order valence-corrected chi connectivity index (χ2v) is 4.95. The number of carbonyl (C=O) groups is 1. The number of fused-ring (bicyclic) bond motifs is 1. The molecule has 0 aromatic heterocycles. The first-order valence-electron chi connectivity index (χ1n) is 6.22. The van der Waals surface area contributed by atoms with Crippen molar-refractivity contribution in [2.75, 3.05) is 7.11 Å². The van der Waals surface area contributed by atoms with Gasteiger partial charge in [-0.1, -0.05) is 18.2 Å². The van der Waals surface area contributed by atoms with Gasteiger partial charge in [0.1, 0.15) is 11.2 Å². The molecule has 3 heteroatoms. The number of ketones is 1. The van der Waals surface area contributed by atoms with Gasteiger partial charge in [-0.3, -0.25) is 4.79 Å². The van der Waals surface area contributed by atoms with Gasteiger partial charge in [-0.2, -0.15) is 5.26 Å². The fraction of sp³-hybridized carbons (Fsp3) is 0.250. The lowest BCUT2D eigenvalue weighted by molar-refractivity contribution is 0.0935. The summed E-state index contributed by atoms with van der Waals surface area (Å²) in [4.78, 5) is 12.3. The van der Waals surface area contributed by atoms with Crippen molar-refractivity contribution >= 4 is 16.6 Å². The highest BCUT2D eigenvalue weighted by Gasteiger charge is 2.50. The van der Waals surface area contributed by atoms with Gasteiger partial charge in [-0.25, -0.2) is 0 Å². The van der Waals surface area contributed by atoms with Gasteiger partial charge in [0.25, 0.3) is 0 Å². The maximum Gasteiger partial charge on any atom is 0.183 e. The SMILES string of the molecule is COc1ccc2cc(C(=O)C3(C#N)CC3)ccc2c1. The largest absolute Gasteiger partial charge is 0.497 e. The Morgan fingerprint density at radius 3 is 2.53 bits per heavy atom. The smallest absolute Gasteiger partial charge is 0.183 e. The summed E-state index contributed by atoms with van der Waals surface area (Å²) in [6, 6.07) is 13.4. The van der Waals surface area contributed by atoms with Crippen molar-refractivity contribution in [2.45, 2.75) is 12.8 Å². The Hall–Kier alpha value is -2.34. The van der Waals surface area contributed by atoms with Crippen LogP contribution in [0.25, 0.3) is 10.8 Å². The van der Waals surface area contributed by atoms with E-state index in [2.05, 4.69) is 6.07 Å². The molecular formula is C16H13NO2. The molecule has 0 saturated heterocycles. The highest BCUT2D eigenvalue weighted by Crippen LogP contribution is 2.47. The fourth-order valence-corrected chi connectivity index (χ4v) is 2.28. The molecule has 0 spiro atoms. The number of benzene rings is 2.